The predicted octanol–water partition coefficient (Wildman–Crippen LogP) is 2.65. The van der Waals surface area contributed by atoms with Crippen LogP contribution in [0.4, 0.5) is 5.82 Å². The second-order valence-electron chi connectivity index (χ2n) is 5.27. The first-order valence-corrected chi connectivity index (χ1v) is 7.24. The Bertz CT molecular complexity index is 957. The van der Waals surface area contributed by atoms with Gasteiger partial charge in [-0.1, -0.05) is 24.8 Å². The molecule has 2 aromatic carbocycles. The Kier molecular flexibility index (Phi) is 4.03. The minimum Gasteiger partial charge on any atom is -0.508 e. The molecule has 0 saturated carbocycles. The van der Waals surface area contributed by atoms with Crippen LogP contribution in [0.5, 0.6) is 5.75 Å². The third-order valence-corrected chi connectivity index (χ3v) is 3.51. The number of hydrogen-bond acceptors (Lipinski definition) is 4. The van der Waals surface area contributed by atoms with Crippen molar-refractivity contribution < 1.29 is 9.90 Å². The number of nitrogens with zero attached hydrogens (tertiary/aromatic N) is 1. The van der Waals surface area contributed by atoms with Crippen molar-refractivity contribution in [2.45, 2.75) is 0 Å². The van der Waals surface area contributed by atoms with Crippen molar-refractivity contribution in [1.29, 1.82) is 0 Å². The fourth-order valence-corrected chi connectivity index (χ4v) is 2.28. The lowest BCUT2D eigenvalue weighted by Gasteiger charge is -2.06. The maximum absolute atomic E-state index is 12.0. The molecule has 3 rings (SSSR count). The third kappa shape index (κ3) is 3.27. The summed E-state index contributed by atoms with van der Waals surface area (Å²) < 4.78 is 0. The number of H-pyrrole nitrogens is 1. The number of aromatic hydroxyl groups is 1. The van der Waals surface area contributed by atoms with E-state index in [0.717, 1.165) is 16.5 Å². The number of nitrogen functional groups attached to an aromatic ring is 1. The number of hydrogen-bond donors (Lipinski definition) is 4. The first-order chi connectivity index (χ1) is 11.5. The lowest BCUT2D eigenvalue weighted by atomic mass is 10.1. The van der Waals surface area contributed by atoms with Crippen LogP contribution in [0, 0.1) is 0 Å². The van der Waals surface area contributed by atoms with Crippen molar-refractivity contribution >= 4 is 34.4 Å². The highest BCUT2D eigenvalue weighted by molar-refractivity contribution is 5.98. The molecule has 120 valence electrons. The van der Waals surface area contributed by atoms with E-state index in [1.54, 1.807) is 24.3 Å². The molecule has 0 spiro atoms. The van der Waals surface area contributed by atoms with Crippen molar-refractivity contribution in [3.05, 3.63) is 66.2 Å². The van der Waals surface area contributed by atoms with Crippen molar-refractivity contribution in [2.75, 3.05) is 5.73 Å². The van der Waals surface area contributed by atoms with Crippen LogP contribution < -0.4 is 11.1 Å². The van der Waals surface area contributed by atoms with Crippen LogP contribution in [0.2, 0.25) is 0 Å². The first kappa shape index (κ1) is 15.4. The lowest BCUT2D eigenvalue weighted by molar-refractivity contribution is -0.115. The maximum Gasteiger partial charge on any atom is 0.248 e. The Hall–Kier alpha value is -3.54. The van der Waals surface area contributed by atoms with E-state index in [0.29, 0.717) is 17.1 Å². The van der Waals surface area contributed by atoms with E-state index in [1.165, 1.54) is 12.1 Å². The summed E-state index contributed by atoms with van der Waals surface area (Å²) in [6, 6.07) is 12.1. The first-order valence-electron chi connectivity index (χ1n) is 7.24. The van der Waals surface area contributed by atoms with Crippen LogP contribution >= 0.6 is 0 Å². The van der Waals surface area contributed by atoms with E-state index in [4.69, 9.17) is 5.73 Å². The van der Waals surface area contributed by atoms with Crippen molar-refractivity contribution in [3.63, 3.8) is 0 Å². The molecular formula is C18H16N4O2. The van der Waals surface area contributed by atoms with Gasteiger partial charge in [-0.15, -0.1) is 0 Å². The van der Waals surface area contributed by atoms with Gasteiger partial charge in [-0.3, -0.25) is 9.89 Å². The highest BCUT2D eigenvalue weighted by Gasteiger charge is 2.04. The Labute approximate surface area is 138 Å². The average molecular weight is 320 g/mol. The molecule has 0 aliphatic rings. The second kappa shape index (κ2) is 6.29. The molecule has 0 unspecified atom stereocenters. The number of carbonyl (C=O) groups is 1. The van der Waals surface area contributed by atoms with Crippen molar-refractivity contribution in [1.82, 2.24) is 15.5 Å². The summed E-state index contributed by atoms with van der Waals surface area (Å²) >= 11 is 0. The van der Waals surface area contributed by atoms with E-state index >= 15 is 0 Å². The topological polar surface area (TPSA) is 104 Å². The molecule has 24 heavy (non-hydrogen) atoms. The number of nitrogens with two attached hydrogens (primary N) is 1. The largest absolute Gasteiger partial charge is 0.508 e. The van der Waals surface area contributed by atoms with Crippen LogP contribution in [0.3, 0.4) is 0 Å². The number of anilines is 1. The molecule has 0 aliphatic carbocycles. The van der Waals surface area contributed by atoms with Crippen LogP contribution in [-0.4, -0.2) is 21.2 Å². The third-order valence-electron chi connectivity index (χ3n) is 3.51. The number of rotatable bonds is 4. The standard InChI is InChI=1S/C18H16N4O2/c1-11(13-3-2-4-14(23)10-13)20-17(24)8-6-12-5-7-16-15(9-12)18(19)22-21-16/h2-10,23H,1H2,(H,20,24)(H3,19,21,22)/b8-6+. The number of aromatic amines is 1. The Morgan fingerprint density at radius 3 is 2.92 bits per heavy atom. The summed E-state index contributed by atoms with van der Waals surface area (Å²) in [7, 11) is 0. The summed E-state index contributed by atoms with van der Waals surface area (Å²) in [4.78, 5) is 12.0. The van der Waals surface area contributed by atoms with Crippen LogP contribution in [0.1, 0.15) is 11.1 Å². The SMILES string of the molecule is C=C(NC(=O)/C=C/c1ccc2[nH]nc(N)c2c1)c1cccc(O)c1. The number of benzene rings is 2. The van der Waals surface area contributed by atoms with Gasteiger partial charge in [-0.2, -0.15) is 5.10 Å². The quantitative estimate of drug-likeness (QED) is 0.555. The minimum atomic E-state index is -0.316. The summed E-state index contributed by atoms with van der Waals surface area (Å²) in [5.74, 6) is 0.218. The van der Waals surface area contributed by atoms with Gasteiger partial charge in [0.15, 0.2) is 5.82 Å². The number of carbonyl (C=O) groups excluding carboxylic acids is 1. The molecular weight excluding hydrogens is 304 g/mol. The van der Waals surface area contributed by atoms with Crippen LogP contribution in [0.15, 0.2) is 55.1 Å². The normalized spacial score (nSPS) is 11.0. The van der Waals surface area contributed by atoms with Gasteiger partial charge in [-0.25, -0.2) is 0 Å². The predicted molar refractivity (Wildman–Crippen MR) is 94.8 cm³/mol. The fourth-order valence-electron chi connectivity index (χ4n) is 2.28. The minimum absolute atomic E-state index is 0.115. The monoisotopic (exact) mass is 320 g/mol. The molecule has 0 atom stereocenters. The smallest absolute Gasteiger partial charge is 0.248 e. The van der Waals surface area contributed by atoms with Gasteiger partial charge < -0.3 is 16.2 Å². The van der Waals surface area contributed by atoms with E-state index in [9.17, 15) is 9.90 Å². The van der Waals surface area contributed by atoms with E-state index in [-0.39, 0.29) is 11.7 Å². The van der Waals surface area contributed by atoms with Gasteiger partial charge in [0.2, 0.25) is 5.91 Å². The summed E-state index contributed by atoms with van der Waals surface area (Å²) in [6.07, 6.45) is 3.09. The van der Waals surface area contributed by atoms with Gasteiger partial charge in [0, 0.05) is 22.7 Å². The van der Waals surface area contributed by atoms with E-state index in [1.807, 2.05) is 18.2 Å². The van der Waals surface area contributed by atoms with Crippen molar-refractivity contribution in [2.24, 2.45) is 0 Å². The zero-order valence-electron chi connectivity index (χ0n) is 12.8. The van der Waals surface area contributed by atoms with Gasteiger partial charge in [0.1, 0.15) is 5.75 Å². The fraction of sp³-hybridized carbons (Fsp3) is 0. The van der Waals surface area contributed by atoms with Crippen molar-refractivity contribution in [3.8, 4) is 5.75 Å². The molecule has 0 aliphatic heterocycles. The number of amides is 1. The zero-order valence-corrected chi connectivity index (χ0v) is 12.8. The zero-order chi connectivity index (χ0) is 17.1. The number of phenols is 1. The molecule has 0 fully saturated rings. The number of fused-ring (bicyclic) bond motifs is 1. The Morgan fingerprint density at radius 1 is 1.29 bits per heavy atom. The van der Waals surface area contributed by atoms with E-state index < -0.39 is 0 Å². The Balaban J connectivity index is 1.70. The van der Waals surface area contributed by atoms with Gasteiger partial charge in [0.25, 0.3) is 0 Å². The van der Waals surface area contributed by atoms with Gasteiger partial charge >= 0.3 is 0 Å². The molecule has 6 heteroatoms. The molecule has 0 radical (unpaired) electrons. The number of phenolic OH excluding ortho intramolecular Hbond substituents is 1. The van der Waals surface area contributed by atoms with E-state index in [2.05, 4.69) is 22.1 Å². The molecule has 1 amide bonds. The second-order valence-corrected chi connectivity index (χ2v) is 5.27. The molecule has 6 nitrogen and oxygen atoms in total. The Morgan fingerprint density at radius 2 is 2.12 bits per heavy atom. The maximum atomic E-state index is 12.0. The molecule has 1 aromatic heterocycles. The average Bonchev–Trinajstić information content (AvgIpc) is 2.94. The summed E-state index contributed by atoms with van der Waals surface area (Å²) in [5, 5.41) is 19.7. The van der Waals surface area contributed by atoms with Gasteiger partial charge in [-0.05, 0) is 35.9 Å². The number of nitrogens with one attached hydrogen (secondary N) is 2. The molecule has 1 heterocycles. The van der Waals surface area contributed by atoms with Gasteiger partial charge in [0.05, 0.1) is 5.52 Å². The summed E-state index contributed by atoms with van der Waals surface area (Å²) in [5.41, 5.74) is 8.49. The number of aromatic nitrogens is 2. The van der Waals surface area contributed by atoms with Crippen LogP contribution in [-0.2, 0) is 4.79 Å². The highest BCUT2D eigenvalue weighted by Crippen LogP contribution is 2.20. The summed E-state index contributed by atoms with van der Waals surface area (Å²) in [6.45, 7) is 3.80. The van der Waals surface area contributed by atoms with Crippen LogP contribution in [0.25, 0.3) is 22.7 Å². The molecule has 0 bridgehead atoms. The lowest BCUT2D eigenvalue weighted by Crippen LogP contribution is -2.18. The molecule has 5 N–H and O–H groups in total. The molecule has 0 saturated heterocycles. The highest BCUT2D eigenvalue weighted by atomic mass is 16.3. The molecule has 3 aromatic rings.